The van der Waals surface area contributed by atoms with Crippen LogP contribution in [0.5, 0.6) is 0 Å². The lowest BCUT2D eigenvalue weighted by molar-refractivity contribution is -0.141. The first kappa shape index (κ1) is 11.1. The SMILES string of the molecule is C#CCN(C)C(=O)C1(C)CCCCC1. The van der Waals surface area contributed by atoms with Crippen molar-refractivity contribution in [1.82, 2.24) is 4.90 Å². The van der Waals surface area contributed by atoms with E-state index in [0.29, 0.717) is 6.54 Å². The van der Waals surface area contributed by atoms with Crippen LogP contribution in [0.25, 0.3) is 0 Å². The summed E-state index contributed by atoms with van der Waals surface area (Å²) in [5.41, 5.74) is -0.149. The van der Waals surface area contributed by atoms with Gasteiger partial charge in [-0.2, -0.15) is 0 Å². The average molecular weight is 193 g/mol. The second-order valence-electron chi connectivity index (χ2n) is 4.49. The molecule has 2 heteroatoms. The second-order valence-corrected chi connectivity index (χ2v) is 4.49. The first-order chi connectivity index (χ1) is 6.60. The van der Waals surface area contributed by atoms with Crippen molar-refractivity contribution >= 4 is 5.91 Å². The second kappa shape index (κ2) is 4.50. The number of rotatable bonds is 2. The van der Waals surface area contributed by atoms with E-state index >= 15 is 0 Å². The van der Waals surface area contributed by atoms with Crippen molar-refractivity contribution in [2.24, 2.45) is 5.41 Å². The van der Waals surface area contributed by atoms with Crippen molar-refractivity contribution in [3.8, 4) is 12.3 Å². The van der Waals surface area contributed by atoms with Crippen molar-refractivity contribution in [3.63, 3.8) is 0 Å². The molecule has 0 spiro atoms. The molecule has 0 bridgehead atoms. The monoisotopic (exact) mass is 193 g/mol. The molecule has 78 valence electrons. The molecule has 2 nitrogen and oxygen atoms in total. The minimum atomic E-state index is -0.149. The number of terminal acetylenes is 1. The van der Waals surface area contributed by atoms with Gasteiger partial charge in [0.15, 0.2) is 0 Å². The highest BCUT2D eigenvalue weighted by molar-refractivity contribution is 5.82. The predicted octanol–water partition coefficient (Wildman–Crippen LogP) is 2.05. The maximum Gasteiger partial charge on any atom is 0.229 e. The number of hydrogen-bond donors (Lipinski definition) is 0. The van der Waals surface area contributed by atoms with Gasteiger partial charge in [-0.05, 0) is 12.8 Å². The Morgan fingerprint density at radius 1 is 1.43 bits per heavy atom. The molecule has 0 aliphatic heterocycles. The molecule has 14 heavy (non-hydrogen) atoms. The highest BCUT2D eigenvalue weighted by atomic mass is 16.2. The molecule has 0 heterocycles. The Morgan fingerprint density at radius 2 is 2.00 bits per heavy atom. The fourth-order valence-electron chi connectivity index (χ4n) is 2.22. The van der Waals surface area contributed by atoms with Gasteiger partial charge in [0.25, 0.3) is 0 Å². The Balaban J connectivity index is 2.62. The van der Waals surface area contributed by atoms with Crippen molar-refractivity contribution in [2.75, 3.05) is 13.6 Å². The molecule has 1 aliphatic carbocycles. The fourth-order valence-corrected chi connectivity index (χ4v) is 2.22. The van der Waals surface area contributed by atoms with Crippen LogP contribution in [0, 0.1) is 17.8 Å². The van der Waals surface area contributed by atoms with Gasteiger partial charge >= 0.3 is 0 Å². The highest BCUT2D eigenvalue weighted by Crippen LogP contribution is 2.37. The molecule has 1 fully saturated rings. The Hall–Kier alpha value is -0.970. The van der Waals surface area contributed by atoms with Crippen LogP contribution < -0.4 is 0 Å². The number of hydrogen-bond acceptors (Lipinski definition) is 1. The summed E-state index contributed by atoms with van der Waals surface area (Å²) in [5.74, 6) is 2.73. The van der Waals surface area contributed by atoms with E-state index in [9.17, 15) is 4.79 Å². The summed E-state index contributed by atoms with van der Waals surface area (Å²) in [6.45, 7) is 2.50. The quantitative estimate of drug-likeness (QED) is 0.615. The Bertz CT molecular complexity index is 246. The Kier molecular flexibility index (Phi) is 3.57. The lowest BCUT2D eigenvalue weighted by atomic mass is 9.75. The first-order valence-corrected chi connectivity index (χ1v) is 5.29. The van der Waals surface area contributed by atoms with E-state index in [1.54, 1.807) is 11.9 Å². The molecule has 0 unspecified atom stereocenters. The largest absolute Gasteiger partial charge is 0.334 e. The standard InChI is InChI=1S/C12H19NO/c1-4-10-13(3)11(14)12(2)8-6-5-7-9-12/h1H,5-10H2,2-3H3. The molecule has 0 aromatic carbocycles. The van der Waals surface area contributed by atoms with Gasteiger partial charge in [0.1, 0.15) is 0 Å². The van der Waals surface area contributed by atoms with Crippen LogP contribution in [0.2, 0.25) is 0 Å². The minimum Gasteiger partial charge on any atom is -0.334 e. The van der Waals surface area contributed by atoms with Gasteiger partial charge in [-0.25, -0.2) is 0 Å². The molecule has 0 aromatic heterocycles. The van der Waals surface area contributed by atoms with Crippen LogP contribution >= 0.6 is 0 Å². The molecule has 1 rings (SSSR count). The molecule has 1 aliphatic rings. The van der Waals surface area contributed by atoms with Gasteiger partial charge < -0.3 is 4.90 Å². The van der Waals surface area contributed by atoms with Gasteiger partial charge in [-0.3, -0.25) is 4.79 Å². The van der Waals surface area contributed by atoms with E-state index in [-0.39, 0.29) is 11.3 Å². The Labute approximate surface area is 86.7 Å². The summed E-state index contributed by atoms with van der Waals surface area (Å²) in [6.07, 6.45) is 10.8. The van der Waals surface area contributed by atoms with E-state index in [2.05, 4.69) is 12.8 Å². The number of amides is 1. The van der Waals surface area contributed by atoms with Crippen molar-refractivity contribution in [3.05, 3.63) is 0 Å². The molecule has 1 amide bonds. The lowest BCUT2D eigenvalue weighted by Gasteiger charge is -2.35. The van der Waals surface area contributed by atoms with Crippen LogP contribution in [0.3, 0.4) is 0 Å². The normalized spacial score (nSPS) is 19.8. The first-order valence-electron chi connectivity index (χ1n) is 5.29. The molecule has 0 radical (unpaired) electrons. The highest BCUT2D eigenvalue weighted by Gasteiger charge is 2.36. The van der Waals surface area contributed by atoms with Gasteiger partial charge in [-0.1, -0.05) is 32.1 Å². The zero-order valence-corrected chi connectivity index (χ0v) is 9.18. The average Bonchev–Trinajstić information content (AvgIpc) is 2.18. The summed E-state index contributed by atoms with van der Waals surface area (Å²) in [6, 6.07) is 0. The van der Waals surface area contributed by atoms with Crippen LogP contribution in [0.4, 0.5) is 0 Å². The van der Waals surface area contributed by atoms with E-state index in [0.717, 1.165) is 12.8 Å². The number of carbonyl (C=O) groups excluding carboxylic acids is 1. The van der Waals surface area contributed by atoms with Gasteiger partial charge in [0.05, 0.1) is 6.54 Å². The van der Waals surface area contributed by atoms with Crippen LogP contribution in [-0.2, 0) is 4.79 Å². The predicted molar refractivity (Wildman–Crippen MR) is 57.7 cm³/mol. The molecular formula is C12H19NO. The third-order valence-electron chi connectivity index (χ3n) is 3.15. The topological polar surface area (TPSA) is 20.3 Å². The third kappa shape index (κ3) is 2.29. The summed E-state index contributed by atoms with van der Waals surface area (Å²) in [7, 11) is 1.79. The van der Waals surface area contributed by atoms with Crippen LogP contribution in [0.15, 0.2) is 0 Å². The van der Waals surface area contributed by atoms with E-state index in [1.165, 1.54) is 19.3 Å². The molecular weight excluding hydrogens is 174 g/mol. The smallest absolute Gasteiger partial charge is 0.229 e. The molecule has 0 saturated heterocycles. The maximum atomic E-state index is 12.0. The van der Waals surface area contributed by atoms with E-state index in [4.69, 9.17) is 6.42 Å². The van der Waals surface area contributed by atoms with Crippen molar-refractivity contribution < 1.29 is 4.79 Å². The fraction of sp³-hybridized carbons (Fsp3) is 0.750. The molecule has 0 aromatic rings. The minimum absolute atomic E-state index is 0.149. The Morgan fingerprint density at radius 3 is 2.50 bits per heavy atom. The van der Waals surface area contributed by atoms with E-state index in [1.807, 2.05) is 0 Å². The van der Waals surface area contributed by atoms with Crippen LogP contribution in [-0.4, -0.2) is 24.4 Å². The van der Waals surface area contributed by atoms with Crippen LogP contribution in [0.1, 0.15) is 39.0 Å². The summed E-state index contributed by atoms with van der Waals surface area (Å²) >= 11 is 0. The maximum absolute atomic E-state index is 12.0. The zero-order chi connectivity index (χ0) is 10.6. The third-order valence-corrected chi connectivity index (χ3v) is 3.15. The van der Waals surface area contributed by atoms with Crippen molar-refractivity contribution in [2.45, 2.75) is 39.0 Å². The summed E-state index contributed by atoms with van der Waals surface area (Å²) in [4.78, 5) is 13.7. The molecule has 0 N–H and O–H groups in total. The molecule has 0 atom stereocenters. The number of nitrogens with zero attached hydrogens (tertiary/aromatic N) is 1. The van der Waals surface area contributed by atoms with Gasteiger partial charge in [-0.15, -0.1) is 6.42 Å². The van der Waals surface area contributed by atoms with Crippen molar-refractivity contribution in [1.29, 1.82) is 0 Å². The van der Waals surface area contributed by atoms with E-state index < -0.39 is 0 Å². The summed E-state index contributed by atoms with van der Waals surface area (Å²) in [5, 5.41) is 0. The van der Waals surface area contributed by atoms with Gasteiger partial charge in [0, 0.05) is 12.5 Å². The molecule has 1 saturated carbocycles. The summed E-state index contributed by atoms with van der Waals surface area (Å²) < 4.78 is 0. The lowest BCUT2D eigenvalue weighted by Crippen LogP contribution is -2.41. The van der Waals surface area contributed by atoms with Gasteiger partial charge in [0.2, 0.25) is 5.91 Å². The number of carbonyl (C=O) groups is 1. The zero-order valence-electron chi connectivity index (χ0n) is 9.18.